The van der Waals surface area contributed by atoms with E-state index in [4.69, 9.17) is 16.6 Å². The van der Waals surface area contributed by atoms with Crippen molar-refractivity contribution in [1.29, 1.82) is 0 Å². The first-order valence-electron chi connectivity index (χ1n) is 6.08. The van der Waals surface area contributed by atoms with Crippen LogP contribution in [-0.2, 0) is 9.53 Å². The zero-order valence-electron chi connectivity index (χ0n) is 11.3. The van der Waals surface area contributed by atoms with Crippen molar-refractivity contribution in [1.82, 2.24) is 0 Å². The number of ether oxygens (including phenoxy) is 1. The van der Waals surface area contributed by atoms with Crippen LogP contribution in [0.3, 0.4) is 0 Å². The lowest BCUT2D eigenvalue weighted by atomic mass is 9.87. The number of carbonyl (C=O) groups excluding carboxylic acids is 1. The molecule has 1 aliphatic carbocycles. The van der Waals surface area contributed by atoms with Crippen LogP contribution in [0.15, 0.2) is 0 Å². The molecule has 1 amide bonds. The van der Waals surface area contributed by atoms with Crippen LogP contribution in [-0.4, -0.2) is 28.8 Å². The Bertz CT molecular complexity index is 278. The maximum Gasteiger partial charge on any atom is 0.405 e. The average molecular weight is 260 g/mol. The summed E-state index contributed by atoms with van der Waals surface area (Å²) in [5.41, 5.74) is 9.87. The summed E-state index contributed by atoms with van der Waals surface area (Å²) in [6, 6.07) is 0.246. The quantitative estimate of drug-likeness (QED) is 0.660. The van der Waals surface area contributed by atoms with Crippen molar-refractivity contribution in [3.8, 4) is 0 Å². The van der Waals surface area contributed by atoms with Crippen LogP contribution >= 0.6 is 0 Å². The molecule has 1 rings (SSSR count). The Morgan fingerprint density at radius 2 is 1.61 bits per heavy atom. The summed E-state index contributed by atoms with van der Waals surface area (Å²) < 4.78 is 4.58. The fourth-order valence-corrected chi connectivity index (χ4v) is 1.67. The van der Waals surface area contributed by atoms with E-state index in [0.29, 0.717) is 0 Å². The molecule has 0 radical (unpaired) electrons. The molecule has 0 bridgehead atoms. The van der Waals surface area contributed by atoms with E-state index >= 15 is 0 Å². The van der Waals surface area contributed by atoms with Gasteiger partial charge >= 0.3 is 12.1 Å². The number of nitrogens with two attached hydrogens (primary N) is 2. The predicted octanol–water partition coefficient (Wildman–Crippen LogP) is 1.47. The van der Waals surface area contributed by atoms with Gasteiger partial charge in [-0.3, -0.25) is 4.79 Å². The normalized spacial score (nSPS) is 23.6. The second kappa shape index (κ2) is 7.20. The molecule has 0 aliphatic heterocycles. The van der Waals surface area contributed by atoms with Gasteiger partial charge < -0.3 is 21.3 Å². The van der Waals surface area contributed by atoms with Gasteiger partial charge in [0.05, 0.1) is 5.92 Å². The van der Waals surface area contributed by atoms with E-state index in [9.17, 15) is 9.59 Å². The number of carbonyl (C=O) groups is 2. The molecule has 0 atom stereocenters. The minimum Gasteiger partial charge on any atom is -0.481 e. The van der Waals surface area contributed by atoms with Crippen molar-refractivity contribution in [2.24, 2.45) is 17.4 Å². The van der Waals surface area contributed by atoms with E-state index in [-0.39, 0.29) is 12.0 Å². The molecule has 1 fully saturated rings. The molecule has 0 aromatic heterocycles. The van der Waals surface area contributed by atoms with Crippen molar-refractivity contribution in [3.05, 3.63) is 0 Å². The predicted molar refractivity (Wildman–Crippen MR) is 68.0 cm³/mol. The Hall–Kier alpha value is -1.30. The maximum atomic E-state index is 10.4. The summed E-state index contributed by atoms with van der Waals surface area (Å²) in [5, 5.41) is 8.58. The summed E-state index contributed by atoms with van der Waals surface area (Å²) in [4.78, 5) is 20.4. The molecular weight excluding hydrogens is 236 g/mol. The van der Waals surface area contributed by atoms with Crippen molar-refractivity contribution < 1.29 is 19.4 Å². The molecule has 6 nitrogen and oxygen atoms in total. The van der Waals surface area contributed by atoms with Crippen molar-refractivity contribution in [2.75, 3.05) is 0 Å². The van der Waals surface area contributed by atoms with Crippen LogP contribution in [0.1, 0.15) is 46.5 Å². The van der Waals surface area contributed by atoms with Gasteiger partial charge in [0.1, 0.15) is 5.60 Å². The Labute approximate surface area is 108 Å². The van der Waals surface area contributed by atoms with Gasteiger partial charge in [-0.2, -0.15) is 0 Å². The van der Waals surface area contributed by atoms with Gasteiger partial charge in [-0.15, -0.1) is 0 Å². The number of amides is 1. The lowest BCUT2D eigenvalue weighted by Crippen LogP contribution is -2.29. The standard InChI is InChI=1S/C7H13NO2.C5H11NO2/c8-6-3-1-5(2-4-6)7(9)10;1-5(2,3)8-4(6)7/h5-6H,1-4,8H2,(H,9,10);1-3H3,(H2,6,7). The van der Waals surface area contributed by atoms with E-state index in [1.165, 1.54) is 0 Å². The van der Waals surface area contributed by atoms with Crippen molar-refractivity contribution in [3.63, 3.8) is 0 Å². The summed E-state index contributed by atoms with van der Waals surface area (Å²) in [6.45, 7) is 5.28. The first kappa shape index (κ1) is 16.7. The zero-order chi connectivity index (χ0) is 14.3. The molecule has 0 aromatic carbocycles. The Kier molecular flexibility index (Phi) is 6.68. The number of carboxylic acids is 1. The number of aliphatic carboxylic acids is 1. The highest BCUT2D eigenvalue weighted by Crippen LogP contribution is 2.22. The van der Waals surface area contributed by atoms with Gasteiger partial charge in [0.25, 0.3) is 0 Å². The zero-order valence-corrected chi connectivity index (χ0v) is 11.3. The molecular formula is C12H24N2O4. The van der Waals surface area contributed by atoms with Gasteiger partial charge in [0.2, 0.25) is 0 Å². The average Bonchev–Trinajstić information content (AvgIpc) is 2.15. The summed E-state index contributed by atoms with van der Waals surface area (Å²) in [6.07, 6.45) is 2.54. The van der Waals surface area contributed by atoms with Gasteiger partial charge in [-0.1, -0.05) is 0 Å². The highest BCUT2D eigenvalue weighted by molar-refractivity contribution is 5.70. The largest absolute Gasteiger partial charge is 0.481 e. The third kappa shape index (κ3) is 8.81. The second-order valence-electron chi connectivity index (χ2n) is 5.48. The molecule has 0 unspecified atom stereocenters. The van der Waals surface area contributed by atoms with E-state index in [1.54, 1.807) is 20.8 Å². The van der Waals surface area contributed by atoms with Crippen LogP contribution in [0.25, 0.3) is 0 Å². The molecule has 1 saturated carbocycles. The summed E-state index contributed by atoms with van der Waals surface area (Å²) >= 11 is 0. The van der Waals surface area contributed by atoms with Crippen molar-refractivity contribution >= 4 is 12.1 Å². The first-order chi connectivity index (χ1) is 8.11. The molecule has 0 aromatic rings. The molecule has 6 heteroatoms. The summed E-state index contributed by atoms with van der Waals surface area (Å²) in [5.74, 6) is -0.785. The number of rotatable bonds is 1. The van der Waals surface area contributed by atoms with Gasteiger partial charge in [0, 0.05) is 6.04 Å². The fraction of sp³-hybridized carbons (Fsp3) is 0.833. The highest BCUT2D eigenvalue weighted by Gasteiger charge is 2.23. The van der Waals surface area contributed by atoms with E-state index in [0.717, 1.165) is 25.7 Å². The Balaban J connectivity index is 0.000000331. The van der Waals surface area contributed by atoms with Gasteiger partial charge in [-0.05, 0) is 46.5 Å². The molecule has 18 heavy (non-hydrogen) atoms. The number of carboxylic acid groups (broad SMARTS) is 1. The molecule has 0 saturated heterocycles. The minimum absolute atomic E-state index is 0.125. The Morgan fingerprint density at radius 1 is 1.17 bits per heavy atom. The second-order valence-corrected chi connectivity index (χ2v) is 5.48. The minimum atomic E-state index is -0.725. The number of hydrogen-bond acceptors (Lipinski definition) is 4. The summed E-state index contributed by atoms with van der Waals surface area (Å²) in [7, 11) is 0. The lowest BCUT2D eigenvalue weighted by Gasteiger charge is -2.22. The molecule has 106 valence electrons. The Morgan fingerprint density at radius 3 is 1.83 bits per heavy atom. The van der Waals surface area contributed by atoms with Crippen LogP contribution < -0.4 is 11.5 Å². The van der Waals surface area contributed by atoms with Crippen LogP contribution in [0.5, 0.6) is 0 Å². The topological polar surface area (TPSA) is 116 Å². The van der Waals surface area contributed by atoms with E-state index in [2.05, 4.69) is 4.74 Å². The van der Waals surface area contributed by atoms with Gasteiger partial charge in [-0.25, -0.2) is 4.79 Å². The monoisotopic (exact) mass is 260 g/mol. The third-order valence-electron chi connectivity index (χ3n) is 2.53. The highest BCUT2D eigenvalue weighted by atomic mass is 16.6. The van der Waals surface area contributed by atoms with Gasteiger partial charge in [0.15, 0.2) is 0 Å². The molecule has 0 spiro atoms. The third-order valence-corrected chi connectivity index (χ3v) is 2.53. The SMILES string of the molecule is CC(C)(C)OC(N)=O.NC1CCC(C(=O)O)CC1. The molecule has 1 aliphatic rings. The van der Waals surface area contributed by atoms with Crippen LogP contribution in [0.2, 0.25) is 0 Å². The fourth-order valence-electron chi connectivity index (χ4n) is 1.67. The smallest absolute Gasteiger partial charge is 0.405 e. The lowest BCUT2D eigenvalue weighted by molar-refractivity contribution is -0.142. The molecule has 5 N–H and O–H groups in total. The first-order valence-corrected chi connectivity index (χ1v) is 6.08. The van der Waals surface area contributed by atoms with E-state index in [1.807, 2.05) is 0 Å². The van der Waals surface area contributed by atoms with E-state index < -0.39 is 17.7 Å². The number of primary amides is 1. The number of hydrogen-bond donors (Lipinski definition) is 3. The maximum absolute atomic E-state index is 10.4. The molecule has 0 heterocycles. The van der Waals surface area contributed by atoms with Crippen molar-refractivity contribution in [2.45, 2.75) is 58.1 Å². The van der Waals surface area contributed by atoms with Crippen LogP contribution in [0.4, 0.5) is 4.79 Å². The van der Waals surface area contributed by atoms with Crippen LogP contribution in [0, 0.1) is 5.92 Å².